The van der Waals surface area contributed by atoms with E-state index in [-0.39, 0.29) is 24.3 Å². The molecule has 1 atom stereocenters. The van der Waals surface area contributed by atoms with E-state index in [2.05, 4.69) is 21.2 Å². The Balaban J connectivity index is 1.43. The number of carbonyl (C=O) groups excluding carboxylic acids is 3. The summed E-state index contributed by atoms with van der Waals surface area (Å²) in [5.74, 6) is -2.35. The lowest BCUT2D eigenvalue weighted by atomic mass is 10.2. The predicted molar refractivity (Wildman–Crippen MR) is 120 cm³/mol. The maximum absolute atomic E-state index is 13.2. The molecule has 2 aromatic carbocycles. The molecule has 1 aliphatic heterocycles. The lowest BCUT2D eigenvalue weighted by Crippen LogP contribution is -2.41. The molecule has 174 valence electrons. The third kappa shape index (κ3) is 7.85. The normalized spacial score (nSPS) is 15.3. The minimum atomic E-state index is -0.894. The molecule has 11 heteroatoms. The average molecular weight is 477 g/mol. The maximum atomic E-state index is 13.2. The monoisotopic (exact) mass is 476 g/mol. The highest BCUT2D eigenvalue weighted by molar-refractivity contribution is 6.35. The number of rotatable bonds is 8. The Kier molecular flexibility index (Phi) is 8.73. The molecule has 1 fully saturated rings. The molecule has 0 aromatic heterocycles. The molecule has 1 heterocycles. The van der Waals surface area contributed by atoms with Gasteiger partial charge in [-0.25, -0.2) is 9.82 Å². The van der Waals surface area contributed by atoms with Gasteiger partial charge in [0.1, 0.15) is 11.6 Å². The zero-order chi connectivity index (χ0) is 23.6. The molecule has 9 nitrogen and oxygen atoms in total. The van der Waals surface area contributed by atoms with Crippen molar-refractivity contribution in [2.75, 3.05) is 25.1 Å². The number of anilines is 1. The smallest absolute Gasteiger partial charge is 0.329 e. The molecular formula is C22H22ClFN4O5. The quantitative estimate of drug-likeness (QED) is 0.307. The van der Waals surface area contributed by atoms with Gasteiger partial charge in [-0.1, -0.05) is 23.7 Å². The van der Waals surface area contributed by atoms with E-state index in [1.807, 2.05) is 0 Å². The summed E-state index contributed by atoms with van der Waals surface area (Å²) in [6, 6.07) is 10.4. The van der Waals surface area contributed by atoms with Crippen LogP contribution in [0.1, 0.15) is 18.4 Å². The molecule has 3 rings (SSSR count). The number of hydrogen-bond acceptors (Lipinski definition) is 6. The molecule has 0 spiro atoms. The van der Waals surface area contributed by atoms with Gasteiger partial charge >= 0.3 is 11.8 Å². The van der Waals surface area contributed by atoms with Crippen molar-refractivity contribution in [2.24, 2.45) is 5.10 Å². The summed E-state index contributed by atoms with van der Waals surface area (Å²) in [5, 5.41) is 8.70. The summed E-state index contributed by atoms with van der Waals surface area (Å²) in [4.78, 5) is 35.6. The average Bonchev–Trinajstić information content (AvgIpc) is 3.32. The number of amides is 3. The van der Waals surface area contributed by atoms with E-state index in [9.17, 15) is 18.8 Å². The van der Waals surface area contributed by atoms with Crippen LogP contribution in [0.2, 0.25) is 5.02 Å². The fourth-order valence-corrected chi connectivity index (χ4v) is 3.09. The molecule has 0 unspecified atom stereocenters. The Hall–Kier alpha value is -3.50. The van der Waals surface area contributed by atoms with Gasteiger partial charge in [-0.05, 0) is 48.7 Å². The SMILES string of the molecule is O=C(COc1cccc(/C=N\NC(=O)C(=O)NC[C@@H]2CCCO2)c1)Nc1ccc(F)c(Cl)c1. The number of carbonyl (C=O) groups is 3. The van der Waals surface area contributed by atoms with E-state index in [0.29, 0.717) is 23.6 Å². The van der Waals surface area contributed by atoms with E-state index in [4.69, 9.17) is 21.1 Å². The van der Waals surface area contributed by atoms with E-state index in [1.54, 1.807) is 24.3 Å². The Bertz CT molecular complexity index is 1040. The highest BCUT2D eigenvalue weighted by atomic mass is 35.5. The van der Waals surface area contributed by atoms with Gasteiger partial charge in [-0.3, -0.25) is 14.4 Å². The van der Waals surface area contributed by atoms with Crippen molar-refractivity contribution in [3.8, 4) is 5.75 Å². The number of benzene rings is 2. The zero-order valence-corrected chi connectivity index (χ0v) is 18.2. The van der Waals surface area contributed by atoms with Crippen LogP contribution < -0.4 is 20.8 Å². The number of ether oxygens (including phenoxy) is 2. The van der Waals surface area contributed by atoms with Gasteiger partial charge in [0, 0.05) is 18.8 Å². The van der Waals surface area contributed by atoms with Gasteiger partial charge < -0.3 is 20.1 Å². The molecule has 3 amide bonds. The second-order valence-corrected chi connectivity index (χ2v) is 7.49. The second-order valence-electron chi connectivity index (χ2n) is 7.08. The van der Waals surface area contributed by atoms with Gasteiger partial charge in [-0.2, -0.15) is 5.10 Å². The van der Waals surface area contributed by atoms with Crippen LogP contribution in [-0.2, 0) is 19.1 Å². The lowest BCUT2D eigenvalue weighted by molar-refractivity contribution is -0.139. The Labute approximate surface area is 194 Å². The maximum Gasteiger partial charge on any atom is 0.329 e. The summed E-state index contributed by atoms with van der Waals surface area (Å²) >= 11 is 5.69. The minimum Gasteiger partial charge on any atom is -0.484 e. The van der Waals surface area contributed by atoms with E-state index >= 15 is 0 Å². The summed E-state index contributed by atoms with van der Waals surface area (Å²) in [7, 11) is 0. The van der Waals surface area contributed by atoms with Crippen LogP contribution in [0.4, 0.5) is 10.1 Å². The molecule has 0 aliphatic carbocycles. The first-order chi connectivity index (χ1) is 15.9. The van der Waals surface area contributed by atoms with Crippen LogP contribution in [0, 0.1) is 5.82 Å². The number of nitrogens with zero attached hydrogens (tertiary/aromatic N) is 1. The van der Waals surface area contributed by atoms with Gasteiger partial charge in [0.2, 0.25) is 0 Å². The molecule has 0 radical (unpaired) electrons. The van der Waals surface area contributed by atoms with Gasteiger partial charge in [0.15, 0.2) is 6.61 Å². The van der Waals surface area contributed by atoms with Crippen LogP contribution in [0.15, 0.2) is 47.6 Å². The highest BCUT2D eigenvalue weighted by Crippen LogP contribution is 2.19. The van der Waals surface area contributed by atoms with Crippen LogP contribution in [0.5, 0.6) is 5.75 Å². The van der Waals surface area contributed by atoms with Gasteiger partial charge in [0.05, 0.1) is 17.3 Å². The first kappa shape index (κ1) is 24.1. The van der Waals surface area contributed by atoms with Crippen molar-refractivity contribution in [3.63, 3.8) is 0 Å². The topological polar surface area (TPSA) is 118 Å². The summed E-state index contributed by atoms with van der Waals surface area (Å²) < 4.78 is 24.0. The zero-order valence-electron chi connectivity index (χ0n) is 17.5. The van der Waals surface area contributed by atoms with E-state index in [0.717, 1.165) is 18.9 Å². The van der Waals surface area contributed by atoms with Crippen molar-refractivity contribution in [3.05, 3.63) is 58.9 Å². The Morgan fingerprint density at radius 3 is 2.82 bits per heavy atom. The van der Waals surface area contributed by atoms with Crippen LogP contribution in [0.3, 0.4) is 0 Å². The third-order valence-electron chi connectivity index (χ3n) is 4.53. The fraction of sp³-hybridized carbons (Fsp3) is 0.273. The Morgan fingerprint density at radius 1 is 1.21 bits per heavy atom. The first-order valence-corrected chi connectivity index (χ1v) is 10.5. The Morgan fingerprint density at radius 2 is 2.06 bits per heavy atom. The van der Waals surface area contributed by atoms with Crippen molar-refractivity contribution < 1.29 is 28.2 Å². The predicted octanol–water partition coefficient (Wildman–Crippen LogP) is 2.24. The number of halogens is 2. The van der Waals surface area contributed by atoms with Crippen LogP contribution >= 0.6 is 11.6 Å². The third-order valence-corrected chi connectivity index (χ3v) is 4.82. The van der Waals surface area contributed by atoms with Crippen molar-refractivity contribution in [1.82, 2.24) is 10.7 Å². The fourth-order valence-electron chi connectivity index (χ4n) is 2.91. The van der Waals surface area contributed by atoms with Crippen LogP contribution in [0.25, 0.3) is 0 Å². The standard InChI is InChI=1S/C22H22ClFN4O5/c23-18-10-15(6-7-19(18)24)27-20(29)13-33-16-4-1-3-14(9-16)11-26-28-22(31)21(30)25-12-17-5-2-8-32-17/h1,3-4,6-7,9-11,17H,2,5,8,12-13H2,(H,25,30)(H,27,29)(H,28,31)/b26-11-/t17-/m0/s1. The highest BCUT2D eigenvalue weighted by Gasteiger charge is 2.19. The van der Waals surface area contributed by atoms with Gasteiger partial charge in [-0.15, -0.1) is 0 Å². The molecule has 2 aromatic rings. The summed E-state index contributed by atoms with van der Waals surface area (Å²) in [6.45, 7) is 0.641. The number of hydrazone groups is 1. The lowest BCUT2D eigenvalue weighted by Gasteiger charge is -2.09. The van der Waals surface area contributed by atoms with Crippen LogP contribution in [-0.4, -0.2) is 49.8 Å². The molecular weight excluding hydrogens is 455 g/mol. The summed E-state index contributed by atoms with van der Waals surface area (Å²) in [6.07, 6.45) is 3.05. The molecule has 0 saturated carbocycles. The number of nitrogens with one attached hydrogen (secondary N) is 3. The largest absolute Gasteiger partial charge is 0.484 e. The number of hydrogen-bond donors (Lipinski definition) is 3. The van der Waals surface area contributed by atoms with E-state index in [1.165, 1.54) is 18.3 Å². The molecule has 3 N–H and O–H groups in total. The molecule has 0 bridgehead atoms. The van der Waals surface area contributed by atoms with E-state index < -0.39 is 23.5 Å². The van der Waals surface area contributed by atoms with Gasteiger partial charge in [0.25, 0.3) is 5.91 Å². The second kappa shape index (κ2) is 11.9. The van der Waals surface area contributed by atoms with Crippen molar-refractivity contribution in [2.45, 2.75) is 18.9 Å². The van der Waals surface area contributed by atoms with Crippen molar-refractivity contribution >= 4 is 41.2 Å². The summed E-state index contributed by atoms with van der Waals surface area (Å²) in [5.41, 5.74) is 3.05. The molecule has 1 aliphatic rings. The molecule has 33 heavy (non-hydrogen) atoms. The first-order valence-electron chi connectivity index (χ1n) is 10.1. The molecule has 1 saturated heterocycles. The van der Waals surface area contributed by atoms with Crippen molar-refractivity contribution in [1.29, 1.82) is 0 Å². The minimum absolute atomic E-state index is 0.0661.